The molecule has 0 aliphatic heterocycles. The number of carbonyl (C=O) groups excluding carboxylic acids is 2. The second-order valence-electron chi connectivity index (χ2n) is 8.25. The number of para-hydroxylation sites is 1. The predicted octanol–water partition coefficient (Wildman–Crippen LogP) is 6.21. The zero-order valence-electron chi connectivity index (χ0n) is 18.9. The summed E-state index contributed by atoms with van der Waals surface area (Å²) in [4.78, 5) is 29.2. The molecule has 0 saturated heterocycles. The summed E-state index contributed by atoms with van der Waals surface area (Å²) in [6.07, 6.45) is 4.00. The van der Waals surface area contributed by atoms with Crippen LogP contribution >= 0.6 is 34.7 Å². The third-order valence-electron chi connectivity index (χ3n) is 6.03. The molecule has 3 aromatic rings. The Morgan fingerprint density at radius 1 is 1.12 bits per heavy atom. The van der Waals surface area contributed by atoms with E-state index in [1.54, 1.807) is 31.4 Å². The Labute approximate surface area is 213 Å². The van der Waals surface area contributed by atoms with Gasteiger partial charge in [0.15, 0.2) is 5.69 Å². The average Bonchev–Trinajstić information content (AvgIpc) is 3.47. The topological polar surface area (TPSA) is 71.5 Å². The number of halogens is 2. The molecule has 1 heterocycles. The van der Waals surface area contributed by atoms with E-state index in [9.17, 15) is 9.59 Å². The third kappa shape index (κ3) is 5.06. The van der Waals surface area contributed by atoms with Gasteiger partial charge in [0, 0.05) is 11.7 Å². The van der Waals surface area contributed by atoms with E-state index in [1.807, 2.05) is 31.2 Å². The van der Waals surface area contributed by atoms with Gasteiger partial charge in [0.05, 0.1) is 7.11 Å². The van der Waals surface area contributed by atoms with Gasteiger partial charge in [-0.15, -0.1) is 0 Å². The molecule has 1 atom stereocenters. The molecule has 34 heavy (non-hydrogen) atoms. The Kier molecular flexibility index (Phi) is 7.76. The smallest absolute Gasteiger partial charge is 0.280 e. The molecule has 1 aliphatic rings. The number of carbonyl (C=O) groups is 2. The molecule has 1 aromatic heterocycles. The molecule has 2 aromatic carbocycles. The van der Waals surface area contributed by atoms with Crippen LogP contribution in [0.5, 0.6) is 5.75 Å². The lowest BCUT2D eigenvalue weighted by molar-refractivity contribution is -0.123. The Balaban J connectivity index is 1.85. The minimum absolute atomic E-state index is 0.0205. The maximum absolute atomic E-state index is 13.9. The molecule has 6 nitrogen and oxygen atoms in total. The maximum atomic E-state index is 13.9. The van der Waals surface area contributed by atoms with Gasteiger partial charge in [0.1, 0.15) is 21.2 Å². The number of nitrogens with one attached hydrogen (secondary N) is 1. The number of aromatic nitrogens is 1. The Hall–Kier alpha value is -2.61. The number of amides is 2. The van der Waals surface area contributed by atoms with E-state index >= 15 is 0 Å². The van der Waals surface area contributed by atoms with Crippen LogP contribution in [0.15, 0.2) is 48.5 Å². The first-order valence-corrected chi connectivity index (χ1v) is 12.6. The fourth-order valence-corrected chi connectivity index (χ4v) is 5.25. The third-order valence-corrected chi connectivity index (χ3v) is 7.64. The molecule has 0 unspecified atom stereocenters. The molecule has 0 radical (unpaired) electrons. The summed E-state index contributed by atoms with van der Waals surface area (Å²) in [7, 11) is 1.58. The first-order valence-electron chi connectivity index (χ1n) is 11.0. The van der Waals surface area contributed by atoms with Crippen LogP contribution in [0.25, 0.3) is 0 Å². The van der Waals surface area contributed by atoms with Gasteiger partial charge in [0.2, 0.25) is 5.91 Å². The number of rotatable bonds is 7. The highest BCUT2D eigenvalue weighted by molar-refractivity contribution is 7.11. The van der Waals surface area contributed by atoms with Gasteiger partial charge in [-0.05, 0) is 60.6 Å². The van der Waals surface area contributed by atoms with Crippen LogP contribution in [0.2, 0.25) is 9.36 Å². The van der Waals surface area contributed by atoms with E-state index in [2.05, 4.69) is 9.69 Å². The SMILES string of the molecule is COc1ccc([C@@H](C(=O)NC2CCCC2)N(C(=O)c2nsc(Cl)c2Cl)c2ccccc2C)cc1. The molecule has 2 amide bonds. The molecule has 0 bridgehead atoms. The fraction of sp³-hybridized carbons (Fsp3) is 0.320. The van der Waals surface area contributed by atoms with E-state index in [4.69, 9.17) is 27.9 Å². The van der Waals surface area contributed by atoms with E-state index in [0.29, 0.717) is 17.0 Å². The van der Waals surface area contributed by atoms with Crippen LogP contribution in [0.3, 0.4) is 0 Å². The maximum Gasteiger partial charge on any atom is 0.280 e. The average molecular weight is 518 g/mol. The standard InChI is InChI=1S/C25H25Cl2N3O3S/c1-15-7-3-6-10-19(15)30(25(32)21-20(26)23(27)34-29-21)22(16-11-13-18(33-2)14-12-16)24(31)28-17-8-4-5-9-17/h3,6-7,10-14,17,22H,4-5,8-9H2,1-2H3,(H,28,31)/t22-/m0/s1. The summed E-state index contributed by atoms with van der Waals surface area (Å²) in [5, 5.41) is 3.24. The zero-order valence-corrected chi connectivity index (χ0v) is 21.2. The van der Waals surface area contributed by atoms with Gasteiger partial charge >= 0.3 is 0 Å². The number of methoxy groups -OCH3 is 1. The van der Waals surface area contributed by atoms with Gasteiger partial charge < -0.3 is 10.1 Å². The van der Waals surface area contributed by atoms with Gasteiger partial charge in [-0.3, -0.25) is 14.5 Å². The summed E-state index contributed by atoms with van der Waals surface area (Å²) in [5.41, 5.74) is 2.09. The summed E-state index contributed by atoms with van der Waals surface area (Å²) >= 11 is 13.4. The first kappa shape index (κ1) is 24.5. The zero-order chi connectivity index (χ0) is 24.2. The second kappa shape index (κ2) is 10.8. The van der Waals surface area contributed by atoms with Crippen LogP contribution < -0.4 is 15.0 Å². The first-order chi connectivity index (χ1) is 16.4. The van der Waals surface area contributed by atoms with Crippen molar-refractivity contribution < 1.29 is 14.3 Å². The van der Waals surface area contributed by atoms with E-state index in [0.717, 1.165) is 42.8 Å². The highest BCUT2D eigenvalue weighted by atomic mass is 35.5. The lowest BCUT2D eigenvalue weighted by Crippen LogP contribution is -2.46. The molecule has 0 spiro atoms. The van der Waals surface area contributed by atoms with Crippen LogP contribution in [0, 0.1) is 6.92 Å². The van der Waals surface area contributed by atoms with Crippen molar-refractivity contribution in [2.75, 3.05) is 12.0 Å². The van der Waals surface area contributed by atoms with E-state index in [1.165, 1.54) is 4.90 Å². The molecule has 1 aliphatic carbocycles. The van der Waals surface area contributed by atoms with Crippen LogP contribution in [0.4, 0.5) is 5.69 Å². The normalized spacial score (nSPS) is 14.6. The largest absolute Gasteiger partial charge is 0.497 e. The molecule has 9 heteroatoms. The predicted molar refractivity (Wildman–Crippen MR) is 136 cm³/mol. The quantitative estimate of drug-likeness (QED) is 0.404. The summed E-state index contributed by atoms with van der Waals surface area (Å²) in [6, 6.07) is 13.7. The van der Waals surface area contributed by atoms with Crippen LogP contribution in [-0.4, -0.2) is 29.3 Å². The molecule has 1 N–H and O–H groups in total. The van der Waals surface area contributed by atoms with Crippen LogP contribution in [0.1, 0.15) is 53.3 Å². The summed E-state index contributed by atoms with van der Waals surface area (Å²) < 4.78 is 9.71. The van der Waals surface area contributed by atoms with Crippen molar-refractivity contribution in [3.8, 4) is 5.75 Å². The molecule has 1 saturated carbocycles. The second-order valence-corrected chi connectivity index (χ2v) is 10.00. The van der Waals surface area contributed by atoms with E-state index < -0.39 is 11.9 Å². The Morgan fingerprint density at radius 2 is 1.79 bits per heavy atom. The number of benzene rings is 2. The fourth-order valence-electron chi connectivity index (χ4n) is 4.26. The number of aryl methyl sites for hydroxylation is 1. The van der Waals surface area contributed by atoms with Crippen molar-refractivity contribution in [1.82, 2.24) is 9.69 Å². The van der Waals surface area contributed by atoms with Crippen molar-refractivity contribution in [2.45, 2.75) is 44.7 Å². The Bertz CT molecular complexity index is 1180. The van der Waals surface area contributed by atoms with Crippen molar-refractivity contribution in [3.63, 3.8) is 0 Å². The minimum Gasteiger partial charge on any atom is -0.497 e. The number of hydrogen-bond donors (Lipinski definition) is 1. The molecule has 4 rings (SSSR count). The lowest BCUT2D eigenvalue weighted by atomic mass is 10.0. The highest BCUT2D eigenvalue weighted by Crippen LogP contribution is 2.36. The van der Waals surface area contributed by atoms with Crippen molar-refractivity contribution >= 4 is 52.2 Å². The summed E-state index contributed by atoms with van der Waals surface area (Å²) in [5.74, 6) is -0.0993. The Morgan fingerprint density at radius 3 is 2.38 bits per heavy atom. The molecular formula is C25H25Cl2N3O3S. The van der Waals surface area contributed by atoms with Crippen LogP contribution in [-0.2, 0) is 4.79 Å². The van der Waals surface area contributed by atoms with Crippen molar-refractivity contribution in [1.29, 1.82) is 0 Å². The van der Waals surface area contributed by atoms with Gasteiger partial charge in [0.25, 0.3) is 5.91 Å². The summed E-state index contributed by atoms with van der Waals surface area (Å²) in [6.45, 7) is 1.89. The van der Waals surface area contributed by atoms with Gasteiger partial charge in [-0.2, -0.15) is 4.37 Å². The van der Waals surface area contributed by atoms with E-state index in [-0.39, 0.29) is 27.0 Å². The molecule has 1 fully saturated rings. The van der Waals surface area contributed by atoms with Crippen molar-refractivity contribution in [3.05, 3.63) is 74.7 Å². The number of ether oxygens (including phenoxy) is 1. The monoisotopic (exact) mass is 517 g/mol. The number of hydrogen-bond acceptors (Lipinski definition) is 5. The number of nitrogens with zero attached hydrogens (tertiary/aromatic N) is 2. The van der Waals surface area contributed by atoms with Gasteiger partial charge in [-0.25, -0.2) is 0 Å². The van der Waals surface area contributed by atoms with Crippen molar-refractivity contribution in [2.24, 2.45) is 0 Å². The number of anilines is 1. The molecular weight excluding hydrogens is 493 g/mol. The lowest BCUT2D eigenvalue weighted by Gasteiger charge is -2.33. The molecule has 178 valence electrons. The van der Waals surface area contributed by atoms with Gasteiger partial charge in [-0.1, -0.05) is 66.4 Å². The minimum atomic E-state index is -0.948. The highest BCUT2D eigenvalue weighted by Gasteiger charge is 2.37.